The Morgan fingerprint density at radius 2 is 1.61 bits per heavy atom. The van der Waals surface area contributed by atoms with E-state index >= 15 is 0 Å². The first kappa shape index (κ1) is 24.1. The number of anilines is 1. The summed E-state index contributed by atoms with van der Waals surface area (Å²) in [5, 5.41) is 11.2. The first-order chi connectivity index (χ1) is 17.4. The molecule has 186 valence electrons. The number of rotatable bonds is 5. The molecule has 36 heavy (non-hydrogen) atoms. The molecule has 3 aromatic rings. The van der Waals surface area contributed by atoms with Crippen molar-refractivity contribution in [2.24, 2.45) is 0 Å². The molecule has 0 radical (unpaired) electrons. The van der Waals surface area contributed by atoms with Crippen LogP contribution in [-0.4, -0.2) is 63.0 Å². The van der Waals surface area contributed by atoms with Crippen LogP contribution in [0.1, 0.15) is 64.7 Å². The number of ketones is 2. The van der Waals surface area contributed by atoms with Gasteiger partial charge in [-0.2, -0.15) is 4.37 Å². The normalized spacial score (nSPS) is 17.8. The maximum atomic E-state index is 13.1. The van der Waals surface area contributed by atoms with Gasteiger partial charge in [-0.15, -0.1) is 0 Å². The Morgan fingerprint density at radius 3 is 2.28 bits per heavy atom. The minimum Gasteiger partial charge on any atom is -0.506 e. The zero-order valence-electron chi connectivity index (χ0n) is 20.1. The number of phenolic OH excluding ortho intramolecular Hbond substituents is 1. The number of Topliss-reactive ketones (excluding diaryl/α,β-unsaturated/α-hetero) is 2. The number of carbonyl (C=O) groups excluding carboxylic acids is 3. The van der Waals surface area contributed by atoms with Crippen molar-refractivity contribution < 1.29 is 19.5 Å². The van der Waals surface area contributed by atoms with Crippen molar-refractivity contribution in [2.75, 3.05) is 31.1 Å². The monoisotopic (exact) mass is 504 g/mol. The molecule has 1 saturated carbocycles. The van der Waals surface area contributed by atoms with Crippen LogP contribution in [0.4, 0.5) is 5.13 Å². The second-order valence-corrected chi connectivity index (χ2v) is 10.2. The van der Waals surface area contributed by atoms with Crippen LogP contribution < -0.4 is 4.90 Å². The van der Waals surface area contributed by atoms with Crippen molar-refractivity contribution in [3.05, 3.63) is 71.0 Å². The van der Waals surface area contributed by atoms with E-state index in [2.05, 4.69) is 17.0 Å². The summed E-state index contributed by atoms with van der Waals surface area (Å²) in [6.45, 7) is 3.48. The average Bonchev–Trinajstić information content (AvgIpc) is 3.40. The third-order valence-electron chi connectivity index (χ3n) is 7.31. The first-order valence-electron chi connectivity index (χ1n) is 12.2. The summed E-state index contributed by atoms with van der Waals surface area (Å²) in [6, 6.07) is 14.9. The second kappa shape index (κ2) is 9.81. The van der Waals surface area contributed by atoms with Crippen LogP contribution in [0.5, 0.6) is 5.75 Å². The van der Waals surface area contributed by atoms with E-state index in [0.29, 0.717) is 51.9 Å². The van der Waals surface area contributed by atoms with E-state index < -0.39 is 0 Å². The predicted molar refractivity (Wildman–Crippen MR) is 137 cm³/mol. The number of hydrogen-bond donors (Lipinski definition) is 1. The van der Waals surface area contributed by atoms with Gasteiger partial charge in [0, 0.05) is 50.6 Å². The third-order valence-corrected chi connectivity index (χ3v) is 8.09. The minimum atomic E-state index is -0.360. The van der Waals surface area contributed by atoms with Crippen LogP contribution in [0, 0.1) is 0 Å². The molecular formula is C27H28N4O4S. The van der Waals surface area contributed by atoms with E-state index in [-0.39, 0.29) is 39.8 Å². The third kappa shape index (κ3) is 4.39. The first-order valence-corrected chi connectivity index (χ1v) is 12.9. The van der Waals surface area contributed by atoms with Gasteiger partial charge < -0.3 is 14.9 Å². The Bertz CT molecular complexity index is 1290. The van der Waals surface area contributed by atoms with Crippen molar-refractivity contribution in [3.63, 3.8) is 0 Å². The number of aromatic nitrogens is 2. The molecule has 2 heterocycles. The van der Waals surface area contributed by atoms with Crippen molar-refractivity contribution in [2.45, 2.75) is 38.0 Å². The van der Waals surface area contributed by atoms with Crippen LogP contribution in [-0.2, 0) is 10.2 Å². The number of benzene rings is 2. The molecular weight excluding hydrogens is 476 g/mol. The Kier molecular flexibility index (Phi) is 6.57. The predicted octanol–water partition coefficient (Wildman–Crippen LogP) is 3.84. The van der Waals surface area contributed by atoms with Gasteiger partial charge in [0.2, 0.25) is 5.13 Å². The van der Waals surface area contributed by atoms with Crippen LogP contribution in [0.3, 0.4) is 0 Å². The fourth-order valence-corrected chi connectivity index (χ4v) is 5.97. The fraction of sp³-hybridized carbons (Fsp3) is 0.370. The number of amides is 1. The molecule has 0 unspecified atom stereocenters. The molecule has 2 aliphatic rings. The van der Waals surface area contributed by atoms with Gasteiger partial charge in [0.15, 0.2) is 11.6 Å². The van der Waals surface area contributed by atoms with E-state index in [9.17, 15) is 19.5 Å². The van der Waals surface area contributed by atoms with Crippen LogP contribution in [0.2, 0.25) is 0 Å². The van der Waals surface area contributed by atoms with Gasteiger partial charge in [-0.25, -0.2) is 4.98 Å². The Labute approximate surface area is 213 Å². The summed E-state index contributed by atoms with van der Waals surface area (Å²) in [5.74, 6) is 0.226. The number of aromatic hydroxyl groups is 1. The van der Waals surface area contributed by atoms with Gasteiger partial charge in [-0.3, -0.25) is 14.4 Å². The van der Waals surface area contributed by atoms with Gasteiger partial charge in [0.05, 0.1) is 16.5 Å². The minimum absolute atomic E-state index is 0.144. The van der Waals surface area contributed by atoms with Crippen molar-refractivity contribution in [1.82, 2.24) is 14.3 Å². The lowest BCUT2D eigenvalue weighted by Crippen LogP contribution is -2.48. The van der Waals surface area contributed by atoms with Crippen molar-refractivity contribution >= 4 is 34.1 Å². The highest BCUT2D eigenvalue weighted by Crippen LogP contribution is 2.43. The number of hydrogen-bond acceptors (Lipinski definition) is 8. The van der Waals surface area contributed by atoms with Crippen molar-refractivity contribution in [1.29, 1.82) is 0 Å². The molecule has 2 fully saturated rings. The van der Waals surface area contributed by atoms with E-state index in [1.54, 1.807) is 17.0 Å². The molecule has 1 aromatic heterocycles. The molecule has 8 nitrogen and oxygen atoms in total. The second-order valence-electron chi connectivity index (χ2n) is 9.42. The van der Waals surface area contributed by atoms with E-state index in [1.165, 1.54) is 24.5 Å². The van der Waals surface area contributed by atoms with Crippen LogP contribution in [0.15, 0.2) is 48.5 Å². The highest BCUT2D eigenvalue weighted by Gasteiger charge is 2.41. The molecule has 1 aliphatic carbocycles. The maximum absolute atomic E-state index is 13.1. The van der Waals surface area contributed by atoms with Gasteiger partial charge in [0.25, 0.3) is 5.91 Å². The fourth-order valence-electron chi connectivity index (χ4n) is 5.16. The number of carbonyl (C=O) groups is 3. The molecule has 5 rings (SSSR count). The van der Waals surface area contributed by atoms with E-state index in [1.807, 2.05) is 18.2 Å². The number of piperazine rings is 1. The summed E-state index contributed by atoms with van der Waals surface area (Å²) < 4.78 is 4.76. The standard InChI is InChI=1S/C27H28N4O4S/c1-18(32)21-8-5-9-22(23(21)34)24(35)30-14-16-31(17-15-30)26-28-25(29-36-26)27(12-10-20(33)11-13-27)19-6-3-2-4-7-19/h2-9,34H,10-17H2,1H3. The lowest BCUT2D eigenvalue weighted by molar-refractivity contribution is -0.121. The molecule has 9 heteroatoms. The topological polar surface area (TPSA) is 104 Å². The average molecular weight is 505 g/mol. The summed E-state index contributed by atoms with van der Waals surface area (Å²) in [5.41, 5.74) is 1.08. The molecule has 1 N–H and O–H groups in total. The summed E-state index contributed by atoms with van der Waals surface area (Å²) in [6.07, 6.45) is 2.47. The van der Waals surface area contributed by atoms with Gasteiger partial charge in [-0.05, 0) is 37.5 Å². The zero-order chi connectivity index (χ0) is 25.3. The Morgan fingerprint density at radius 1 is 0.944 bits per heavy atom. The van der Waals surface area contributed by atoms with Crippen molar-refractivity contribution in [3.8, 4) is 5.75 Å². The number of para-hydroxylation sites is 1. The summed E-state index contributed by atoms with van der Waals surface area (Å²) in [4.78, 5) is 45.6. The van der Waals surface area contributed by atoms with Gasteiger partial charge in [-0.1, -0.05) is 36.4 Å². The lowest BCUT2D eigenvalue weighted by atomic mass is 9.68. The highest BCUT2D eigenvalue weighted by molar-refractivity contribution is 7.09. The molecule has 1 amide bonds. The van der Waals surface area contributed by atoms with Gasteiger partial charge >= 0.3 is 0 Å². The Hall–Kier alpha value is -3.59. The molecule has 0 bridgehead atoms. The zero-order valence-corrected chi connectivity index (χ0v) is 21.0. The summed E-state index contributed by atoms with van der Waals surface area (Å²) in [7, 11) is 0. The van der Waals surface area contributed by atoms with Gasteiger partial charge in [0.1, 0.15) is 11.5 Å². The maximum Gasteiger partial charge on any atom is 0.257 e. The van der Waals surface area contributed by atoms with E-state index in [0.717, 1.165) is 16.5 Å². The quantitative estimate of drug-likeness (QED) is 0.527. The SMILES string of the molecule is CC(=O)c1cccc(C(=O)N2CCN(c3nc(C4(c5ccccc5)CCC(=O)CC4)ns3)CC2)c1O. The molecule has 1 saturated heterocycles. The highest BCUT2D eigenvalue weighted by atomic mass is 32.1. The smallest absolute Gasteiger partial charge is 0.257 e. The lowest BCUT2D eigenvalue weighted by Gasteiger charge is -2.35. The molecule has 1 aliphatic heterocycles. The summed E-state index contributed by atoms with van der Waals surface area (Å²) >= 11 is 1.36. The molecule has 0 spiro atoms. The van der Waals surface area contributed by atoms with E-state index in [4.69, 9.17) is 9.36 Å². The number of nitrogens with zero attached hydrogens (tertiary/aromatic N) is 4. The Balaban J connectivity index is 1.31. The largest absolute Gasteiger partial charge is 0.506 e. The number of phenols is 1. The molecule has 2 aromatic carbocycles. The molecule has 0 atom stereocenters. The van der Waals surface area contributed by atoms with Crippen LogP contribution in [0.25, 0.3) is 0 Å². The van der Waals surface area contributed by atoms with Crippen LogP contribution >= 0.6 is 11.5 Å².